The van der Waals surface area contributed by atoms with E-state index >= 15 is 0 Å². The van der Waals surface area contributed by atoms with E-state index in [1.807, 2.05) is 7.05 Å². The first-order chi connectivity index (χ1) is 8.22. The molecule has 1 aromatic heterocycles. The molecule has 4 heteroatoms. The lowest BCUT2D eigenvalue weighted by Crippen LogP contribution is -2.39. The monoisotopic (exact) mass is 237 g/mol. The summed E-state index contributed by atoms with van der Waals surface area (Å²) in [5.74, 6) is 0.730. The molecule has 0 amide bonds. The van der Waals surface area contributed by atoms with Gasteiger partial charge >= 0.3 is 0 Å². The number of aromatic nitrogens is 1. The highest BCUT2D eigenvalue weighted by Gasteiger charge is 2.27. The van der Waals surface area contributed by atoms with Crippen molar-refractivity contribution in [1.82, 2.24) is 10.3 Å². The van der Waals surface area contributed by atoms with Crippen LogP contribution in [0, 0.1) is 5.92 Å². The van der Waals surface area contributed by atoms with Crippen molar-refractivity contribution in [3.8, 4) is 0 Å². The molecule has 0 saturated heterocycles. The van der Waals surface area contributed by atoms with Gasteiger partial charge in [-0.3, -0.25) is 0 Å². The molecule has 96 valence electrons. The maximum absolute atomic E-state index is 5.56. The lowest BCUT2D eigenvalue weighted by molar-refractivity contribution is 0.311. The summed E-state index contributed by atoms with van der Waals surface area (Å²) >= 11 is 0. The zero-order valence-corrected chi connectivity index (χ0v) is 11.1. The Morgan fingerprint density at radius 1 is 1.47 bits per heavy atom. The van der Waals surface area contributed by atoms with Crippen LogP contribution in [0.5, 0.6) is 0 Å². The van der Waals surface area contributed by atoms with E-state index in [0.717, 1.165) is 24.2 Å². The zero-order chi connectivity index (χ0) is 12.3. The highest BCUT2D eigenvalue weighted by atomic mass is 16.4. The largest absolute Gasteiger partial charge is 0.432 e. The fraction of sp³-hybridized carbons (Fsp3) is 0.769. The fourth-order valence-corrected chi connectivity index (χ4v) is 2.73. The Kier molecular flexibility index (Phi) is 4.05. The van der Waals surface area contributed by atoms with Crippen molar-refractivity contribution in [1.29, 1.82) is 0 Å². The van der Waals surface area contributed by atoms with Gasteiger partial charge in [0.15, 0.2) is 0 Å². The second kappa shape index (κ2) is 5.54. The number of hydrogen-bond acceptors (Lipinski definition) is 4. The first-order valence-corrected chi connectivity index (χ1v) is 6.54. The van der Waals surface area contributed by atoms with Crippen LogP contribution in [0.1, 0.15) is 38.3 Å². The minimum absolute atomic E-state index is 0.574. The van der Waals surface area contributed by atoms with Crippen LogP contribution in [0.25, 0.3) is 0 Å². The zero-order valence-electron chi connectivity index (χ0n) is 11.1. The van der Waals surface area contributed by atoms with Crippen LogP contribution in [-0.4, -0.2) is 25.1 Å². The van der Waals surface area contributed by atoms with Gasteiger partial charge in [-0.1, -0.05) is 19.8 Å². The molecule has 0 aromatic carbocycles. The topological polar surface area (TPSA) is 41.3 Å². The van der Waals surface area contributed by atoms with E-state index in [4.69, 9.17) is 4.42 Å². The lowest BCUT2D eigenvalue weighted by atomic mass is 9.85. The summed E-state index contributed by atoms with van der Waals surface area (Å²) in [4.78, 5) is 6.72. The van der Waals surface area contributed by atoms with Crippen molar-refractivity contribution < 1.29 is 4.42 Å². The van der Waals surface area contributed by atoms with Crippen LogP contribution in [0.15, 0.2) is 10.7 Å². The average molecular weight is 237 g/mol. The number of anilines is 1. The second-order valence-corrected chi connectivity index (χ2v) is 5.09. The first kappa shape index (κ1) is 12.4. The highest BCUT2D eigenvalue weighted by molar-refractivity contribution is 5.28. The third kappa shape index (κ3) is 2.80. The molecular weight excluding hydrogens is 214 g/mol. The van der Waals surface area contributed by atoms with E-state index in [0.29, 0.717) is 6.04 Å². The minimum Gasteiger partial charge on any atom is -0.432 e. The number of oxazole rings is 1. The second-order valence-electron chi connectivity index (χ2n) is 5.09. The Balaban J connectivity index is 2.04. The van der Waals surface area contributed by atoms with E-state index in [1.165, 1.54) is 25.7 Å². The third-order valence-electron chi connectivity index (χ3n) is 3.76. The molecule has 1 aromatic rings. The number of nitrogens with zero attached hydrogens (tertiary/aromatic N) is 2. The van der Waals surface area contributed by atoms with E-state index in [-0.39, 0.29) is 0 Å². The van der Waals surface area contributed by atoms with Crippen LogP contribution in [0.4, 0.5) is 6.01 Å². The normalized spacial score (nSPS) is 24.9. The van der Waals surface area contributed by atoms with Crippen molar-refractivity contribution in [2.24, 2.45) is 5.92 Å². The van der Waals surface area contributed by atoms with Gasteiger partial charge in [-0.05, 0) is 25.8 Å². The van der Waals surface area contributed by atoms with E-state index < -0.39 is 0 Å². The van der Waals surface area contributed by atoms with Crippen LogP contribution in [0.2, 0.25) is 0 Å². The predicted molar refractivity (Wildman–Crippen MR) is 69.1 cm³/mol. The molecule has 4 nitrogen and oxygen atoms in total. The molecular formula is C13H23N3O. The summed E-state index contributed by atoms with van der Waals surface area (Å²) in [7, 11) is 4.02. The Labute approximate surface area is 103 Å². The molecule has 17 heavy (non-hydrogen) atoms. The van der Waals surface area contributed by atoms with Crippen LogP contribution >= 0.6 is 0 Å². The minimum atomic E-state index is 0.574. The smallest absolute Gasteiger partial charge is 0.297 e. The molecule has 1 fully saturated rings. The SMILES string of the molecule is CNCc1coc(N(C)C2CCCCC2C)n1. The van der Waals surface area contributed by atoms with Crippen molar-refractivity contribution in [2.75, 3.05) is 19.0 Å². The molecule has 0 spiro atoms. The molecule has 2 atom stereocenters. The molecule has 1 aliphatic carbocycles. The quantitative estimate of drug-likeness (QED) is 0.873. The fourth-order valence-electron chi connectivity index (χ4n) is 2.73. The van der Waals surface area contributed by atoms with Crippen molar-refractivity contribution in [3.05, 3.63) is 12.0 Å². The van der Waals surface area contributed by atoms with Crippen LogP contribution in [0.3, 0.4) is 0 Å². The molecule has 2 unspecified atom stereocenters. The average Bonchev–Trinajstić information content (AvgIpc) is 2.78. The Morgan fingerprint density at radius 2 is 2.24 bits per heavy atom. The molecule has 0 radical (unpaired) electrons. The molecule has 2 rings (SSSR count). The van der Waals surface area contributed by atoms with Gasteiger partial charge in [-0.25, -0.2) is 0 Å². The van der Waals surface area contributed by atoms with Crippen molar-refractivity contribution in [3.63, 3.8) is 0 Å². The van der Waals surface area contributed by atoms with Gasteiger partial charge in [0.25, 0.3) is 6.01 Å². The van der Waals surface area contributed by atoms with Gasteiger partial charge in [0.05, 0.1) is 5.69 Å². The lowest BCUT2D eigenvalue weighted by Gasteiger charge is -2.35. The maximum atomic E-state index is 5.56. The molecule has 0 aliphatic heterocycles. The summed E-state index contributed by atoms with van der Waals surface area (Å²) in [5, 5.41) is 3.08. The van der Waals surface area contributed by atoms with Gasteiger partial charge < -0.3 is 14.6 Å². The van der Waals surface area contributed by atoms with Crippen molar-refractivity contribution in [2.45, 2.75) is 45.2 Å². The number of nitrogens with one attached hydrogen (secondary N) is 1. The number of rotatable bonds is 4. The molecule has 0 bridgehead atoms. The molecule has 1 heterocycles. The van der Waals surface area contributed by atoms with Crippen LogP contribution < -0.4 is 10.2 Å². The molecule has 1 N–H and O–H groups in total. The Morgan fingerprint density at radius 3 is 2.94 bits per heavy atom. The first-order valence-electron chi connectivity index (χ1n) is 6.54. The summed E-state index contributed by atoms with van der Waals surface area (Å²) in [5.41, 5.74) is 0.970. The summed E-state index contributed by atoms with van der Waals surface area (Å²) in [6.07, 6.45) is 7.00. The van der Waals surface area contributed by atoms with Gasteiger partial charge in [-0.2, -0.15) is 4.98 Å². The Bertz CT molecular complexity index is 350. The predicted octanol–water partition coefficient (Wildman–Crippen LogP) is 2.41. The summed E-state index contributed by atoms with van der Waals surface area (Å²) in [6.45, 7) is 3.09. The van der Waals surface area contributed by atoms with Gasteiger partial charge in [-0.15, -0.1) is 0 Å². The maximum Gasteiger partial charge on any atom is 0.297 e. The standard InChI is InChI=1S/C13H23N3O/c1-10-6-4-5-7-12(10)16(3)13-15-11(8-14-2)9-17-13/h9-10,12,14H,4-8H2,1-3H3. The molecule has 1 aliphatic rings. The Hall–Kier alpha value is -1.03. The van der Waals surface area contributed by atoms with Gasteiger partial charge in [0, 0.05) is 19.6 Å². The van der Waals surface area contributed by atoms with Gasteiger partial charge in [0.2, 0.25) is 0 Å². The van der Waals surface area contributed by atoms with Crippen LogP contribution in [-0.2, 0) is 6.54 Å². The van der Waals surface area contributed by atoms with E-state index in [1.54, 1.807) is 6.26 Å². The van der Waals surface area contributed by atoms with Crippen molar-refractivity contribution >= 4 is 6.01 Å². The van der Waals surface area contributed by atoms with Gasteiger partial charge in [0.1, 0.15) is 6.26 Å². The molecule has 1 saturated carbocycles. The number of hydrogen-bond donors (Lipinski definition) is 1. The highest BCUT2D eigenvalue weighted by Crippen LogP contribution is 2.29. The van der Waals surface area contributed by atoms with E-state index in [2.05, 4.69) is 29.2 Å². The summed E-state index contributed by atoms with van der Waals surface area (Å²) in [6, 6.07) is 1.33. The van der Waals surface area contributed by atoms with E-state index in [9.17, 15) is 0 Å². The summed E-state index contributed by atoms with van der Waals surface area (Å²) < 4.78 is 5.56. The third-order valence-corrected chi connectivity index (χ3v) is 3.76.